The number of imidazole rings is 1. The van der Waals surface area contributed by atoms with Gasteiger partial charge in [0.1, 0.15) is 12.2 Å². The van der Waals surface area contributed by atoms with Crippen molar-refractivity contribution in [3.05, 3.63) is 73.2 Å². The number of carbonyl (C=O) groups excluding carboxylic acids is 1. The molecule has 1 saturated heterocycles. The zero-order chi connectivity index (χ0) is 24.4. The number of aryl methyl sites for hydroxylation is 1. The van der Waals surface area contributed by atoms with Crippen LogP contribution in [-0.2, 0) is 16.1 Å². The van der Waals surface area contributed by atoms with Gasteiger partial charge in [0.05, 0.1) is 18.6 Å². The summed E-state index contributed by atoms with van der Waals surface area (Å²) in [6.07, 6.45) is 5.52. The minimum Gasteiger partial charge on any atom is -0.388 e. The van der Waals surface area contributed by atoms with E-state index in [2.05, 4.69) is 32.2 Å². The number of aliphatic hydroxyl groups is 1. The Morgan fingerprint density at radius 2 is 2.20 bits per heavy atom. The lowest BCUT2D eigenvalue weighted by molar-refractivity contribution is -0.133. The normalized spacial score (nSPS) is 19.5. The number of fused-ring (bicyclic) bond motifs is 1. The van der Waals surface area contributed by atoms with Crippen molar-refractivity contribution in [2.75, 3.05) is 5.32 Å². The molecule has 3 atom stereocenters. The van der Waals surface area contributed by atoms with Crippen LogP contribution >= 0.6 is 0 Å². The van der Waals surface area contributed by atoms with Crippen molar-refractivity contribution in [2.45, 2.75) is 38.3 Å². The number of pyridine rings is 2. The first-order valence-electron chi connectivity index (χ1n) is 11.1. The maximum atomic E-state index is 12.2. The number of hydrogen-bond acceptors (Lipinski definition) is 9. The largest absolute Gasteiger partial charge is 0.388 e. The van der Waals surface area contributed by atoms with Crippen LogP contribution in [0.2, 0.25) is 0 Å². The number of carbonyl (C=O) groups is 1. The molecular weight excluding hydrogens is 448 g/mol. The van der Waals surface area contributed by atoms with Crippen molar-refractivity contribution >= 4 is 22.9 Å². The molecule has 5 rings (SSSR count). The van der Waals surface area contributed by atoms with Crippen molar-refractivity contribution < 1.29 is 14.6 Å². The van der Waals surface area contributed by atoms with Crippen LogP contribution in [0, 0.1) is 6.92 Å². The first-order chi connectivity index (χ1) is 17.0. The van der Waals surface area contributed by atoms with Crippen LogP contribution in [0.5, 0.6) is 0 Å². The second-order valence-electron chi connectivity index (χ2n) is 8.18. The Bertz CT molecular complexity index is 1370. The van der Waals surface area contributed by atoms with Crippen molar-refractivity contribution in [1.29, 1.82) is 0 Å². The summed E-state index contributed by atoms with van der Waals surface area (Å²) in [6, 6.07) is 7.61. The summed E-state index contributed by atoms with van der Waals surface area (Å²) < 4.78 is 7.51. The summed E-state index contributed by atoms with van der Waals surface area (Å²) in [4.78, 5) is 34.8. The quantitative estimate of drug-likeness (QED) is 0.369. The third kappa shape index (κ3) is 4.59. The second-order valence-corrected chi connectivity index (χ2v) is 8.18. The maximum absolute atomic E-state index is 12.2. The maximum Gasteiger partial charge on any atom is 0.253 e. The lowest BCUT2D eigenvalue weighted by Gasteiger charge is -2.17. The molecule has 5 heterocycles. The van der Waals surface area contributed by atoms with Gasteiger partial charge >= 0.3 is 0 Å². The van der Waals surface area contributed by atoms with E-state index in [0.717, 1.165) is 16.8 Å². The highest BCUT2D eigenvalue weighted by Gasteiger charge is 2.39. The molecule has 0 aromatic carbocycles. The molecule has 4 aromatic heterocycles. The van der Waals surface area contributed by atoms with E-state index >= 15 is 0 Å². The molecule has 11 heteroatoms. The number of ether oxygens (including phenoxy) is 1. The molecule has 11 nitrogen and oxygen atoms in total. The summed E-state index contributed by atoms with van der Waals surface area (Å²) >= 11 is 0. The molecule has 1 aliphatic heterocycles. The Balaban J connectivity index is 1.55. The number of hydrogen-bond donors (Lipinski definition) is 3. The molecule has 0 spiro atoms. The van der Waals surface area contributed by atoms with Gasteiger partial charge in [-0.15, -0.1) is 0 Å². The van der Waals surface area contributed by atoms with E-state index in [0.29, 0.717) is 29.4 Å². The highest BCUT2D eigenvalue weighted by Crippen LogP contribution is 2.33. The smallest absolute Gasteiger partial charge is 0.253 e. The van der Waals surface area contributed by atoms with Gasteiger partial charge in [0.25, 0.3) is 5.91 Å². The number of rotatable bonds is 7. The fourth-order valence-corrected chi connectivity index (χ4v) is 3.97. The van der Waals surface area contributed by atoms with E-state index in [1.807, 2.05) is 31.2 Å². The predicted octanol–water partition coefficient (Wildman–Crippen LogP) is 2.11. The fraction of sp³-hybridized carbons (Fsp3) is 0.250. The summed E-state index contributed by atoms with van der Waals surface area (Å²) in [5.41, 5.74) is 3.49. The standard InChI is InChI=1S/C24H24N8O3/c1-3-26-23(34)18-9-17(33)24(35-18)32-13-29-19-21(28-12-16-6-4-5-7-27-16)30-20(31-22(19)32)15-8-14(2)10-25-11-15/h3-8,10-11,13,17-18,24,33H,1,9,12H2,2H3,(H,26,34)(H,28,30,31)/t17-,18+,24-/m1/s1. The highest BCUT2D eigenvalue weighted by molar-refractivity contribution is 5.85. The Hall–Kier alpha value is -4.22. The van der Waals surface area contributed by atoms with Crippen molar-refractivity contribution in [2.24, 2.45) is 0 Å². The van der Waals surface area contributed by atoms with Gasteiger partial charge in [0.2, 0.25) is 0 Å². The van der Waals surface area contributed by atoms with E-state index in [4.69, 9.17) is 14.7 Å². The van der Waals surface area contributed by atoms with Gasteiger partial charge in [-0.1, -0.05) is 12.6 Å². The highest BCUT2D eigenvalue weighted by atomic mass is 16.5. The molecule has 0 radical (unpaired) electrons. The average Bonchev–Trinajstić information content (AvgIpc) is 3.46. The predicted molar refractivity (Wildman–Crippen MR) is 128 cm³/mol. The molecule has 1 amide bonds. The number of nitrogens with zero attached hydrogens (tertiary/aromatic N) is 6. The van der Waals surface area contributed by atoms with Gasteiger partial charge < -0.3 is 20.5 Å². The Morgan fingerprint density at radius 3 is 2.97 bits per heavy atom. The molecule has 4 aromatic rings. The van der Waals surface area contributed by atoms with Gasteiger partial charge in [0, 0.05) is 30.6 Å². The summed E-state index contributed by atoms with van der Waals surface area (Å²) in [6.45, 7) is 5.87. The van der Waals surface area contributed by atoms with Crippen LogP contribution in [0.15, 0.2) is 62.0 Å². The van der Waals surface area contributed by atoms with E-state index in [1.165, 1.54) is 12.5 Å². The van der Waals surface area contributed by atoms with Crippen LogP contribution in [0.1, 0.15) is 23.9 Å². The molecular formula is C24H24N8O3. The van der Waals surface area contributed by atoms with E-state index < -0.39 is 18.4 Å². The lowest BCUT2D eigenvalue weighted by atomic mass is 10.2. The van der Waals surface area contributed by atoms with Gasteiger partial charge in [-0.2, -0.15) is 0 Å². The van der Waals surface area contributed by atoms with E-state index in [1.54, 1.807) is 23.2 Å². The molecule has 0 saturated carbocycles. The summed E-state index contributed by atoms with van der Waals surface area (Å²) in [5, 5.41) is 16.5. The average molecular weight is 473 g/mol. The summed E-state index contributed by atoms with van der Waals surface area (Å²) in [7, 11) is 0. The number of aliphatic hydroxyl groups excluding tert-OH is 1. The molecule has 178 valence electrons. The number of anilines is 1. The molecule has 3 N–H and O–H groups in total. The molecule has 0 unspecified atom stereocenters. The van der Waals surface area contributed by atoms with Gasteiger partial charge in [0.15, 0.2) is 29.0 Å². The van der Waals surface area contributed by atoms with Crippen LogP contribution < -0.4 is 10.6 Å². The molecule has 1 aliphatic rings. The third-order valence-electron chi connectivity index (χ3n) is 5.62. The lowest BCUT2D eigenvalue weighted by Crippen LogP contribution is -2.30. The number of amides is 1. The van der Waals surface area contributed by atoms with Gasteiger partial charge in [-0.25, -0.2) is 15.0 Å². The minimum absolute atomic E-state index is 0.133. The monoisotopic (exact) mass is 472 g/mol. The van der Waals surface area contributed by atoms with Gasteiger partial charge in [-0.3, -0.25) is 19.3 Å². The van der Waals surface area contributed by atoms with Crippen molar-refractivity contribution in [1.82, 2.24) is 34.8 Å². The third-order valence-corrected chi connectivity index (χ3v) is 5.62. The summed E-state index contributed by atoms with van der Waals surface area (Å²) in [5.74, 6) is 0.571. The van der Waals surface area contributed by atoms with Crippen LogP contribution in [0.25, 0.3) is 22.6 Å². The first kappa shape index (κ1) is 22.6. The van der Waals surface area contributed by atoms with Crippen LogP contribution in [-0.4, -0.2) is 52.7 Å². The Labute approximate surface area is 201 Å². The zero-order valence-corrected chi connectivity index (χ0v) is 19.0. The Kier molecular flexibility index (Phi) is 6.17. The van der Waals surface area contributed by atoms with Crippen molar-refractivity contribution in [3.63, 3.8) is 0 Å². The fourth-order valence-electron chi connectivity index (χ4n) is 3.97. The second kappa shape index (κ2) is 9.57. The number of nitrogens with one attached hydrogen (secondary N) is 2. The SMILES string of the molecule is C=CNC(=O)[C@@H]1C[C@@H](O)[C@H](n2cnc3c(NCc4ccccn4)nc(-c4cncc(C)c4)nc32)O1. The van der Waals surface area contributed by atoms with Gasteiger partial charge in [-0.05, 0) is 36.9 Å². The minimum atomic E-state index is -0.933. The molecule has 35 heavy (non-hydrogen) atoms. The van der Waals surface area contributed by atoms with E-state index in [-0.39, 0.29) is 12.3 Å². The van der Waals surface area contributed by atoms with Crippen LogP contribution in [0.4, 0.5) is 5.82 Å². The first-order valence-corrected chi connectivity index (χ1v) is 11.1. The van der Waals surface area contributed by atoms with Crippen molar-refractivity contribution in [3.8, 4) is 11.4 Å². The molecule has 1 fully saturated rings. The molecule has 0 aliphatic carbocycles. The molecule has 0 bridgehead atoms. The topological polar surface area (TPSA) is 140 Å². The van der Waals surface area contributed by atoms with Crippen LogP contribution in [0.3, 0.4) is 0 Å². The number of aromatic nitrogens is 6. The van der Waals surface area contributed by atoms with E-state index in [9.17, 15) is 9.90 Å². The zero-order valence-electron chi connectivity index (χ0n) is 19.0. The Morgan fingerprint density at radius 1 is 1.31 bits per heavy atom.